The lowest BCUT2D eigenvalue weighted by Gasteiger charge is -2.34. The molecule has 2 atom stereocenters. The van der Waals surface area contributed by atoms with Gasteiger partial charge in [0, 0.05) is 11.8 Å². The molecule has 2 amide bonds. The minimum Gasteiger partial charge on any atom is -0.443 e. The van der Waals surface area contributed by atoms with Crippen molar-refractivity contribution in [2.75, 3.05) is 12.9 Å². The summed E-state index contributed by atoms with van der Waals surface area (Å²) in [5, 5.41) is 18.7. The summed E-state index contributed by atoms with van der Waals surface area (Å²) in [6.07, 6.45) is 3.28. The molecular weight excluding hydrogens is 704 g/mol. The number of nitrogens with one attached hydrogen (secondary N) is 1. The highest BCUT2D eigenvalue weighted by Crippen LogP contribution is 2.42. The van der Waals surface area contributed by atoms with E-state index in [9.17, 15) is 18.3 Å². The van der Waals surface area contributed by atoms with Crippen molar-refractivity contribution in [1.82, 2.24) is 25.0 Å². The van der Waals surface area contributed by atoms with Gasteiger partial charge in [0.25, 0.3) is 5.91 Å². The Morgan fingerprint density at radius 3 is 2.37 bits per heavy atom. The van der Waals surface area contributed by atoms with Crippen LogP contribution in [0.4, 0.5) is 4.79 Å². The molecule has 5 rings (SSSR count). The Bertz CT molecular complexity index is 2140. The molecular formula is C38H41ClN6O6S. The van der Waals surface area contributed by atoms with Gasteiger partial charge < -0.3 is 15.2 Å². The summed E-state index contributed by atoms with van der Waals surface area (Å²) in [5.41, 5.74) is 0.902. The molecule has 0 bridgehead atoms. The summed E-state index contributed by atoms with van der Waals surface area (Å²) < 4.78 is 30.1. The first-order valence-electron chi connectivity index (χ1n) is 16.4. The average molecular weight is 745 g/mol. The lowest BCUT2D eigenvalue weighted by atomic mass is 9.75. The lowest BCUT2D eigenvalue weighted by molar-refractivity contribution is -0.134. The van der Waals surface area contributed by atoms with E-state index in [4.69, 9.17) is 16.3 Å². The van der Waals surface area contributed by atoms with Crippen molar-refractivity contribution in [2.45, 2.75) is 64.0 Å². The zero-order valence-corrected chi connectivity index (χ0v) is 31.4. The summed E-state index contributed by atoms with van der Waals surface area (Å²) in [7, 11) is -3.45. The van der Waals surface area contributed by atoms with E-state index in [1.807, 2.05) is 51.1 Å². The number of aromatic nitrogens is 3. The van der Waals surface area contributed by atoms with E-state index < -0.39 is 50.2 Å². The van der Waals surface area contributed by atoms with Crippen molar-refractivity contribution in [3.05, 3.63) is 113 Å². The van der Waals surface area contributed by atoms with Gasteiger partial charge in [-0.25, -0.2) is 22.9 Å². The van der Waals surface area contributed by atoms with Crippen LogP contribution in [0.1, 0.15) is 69.3 Å². The number of hydrogen-bond acceptors (Lipinski definition) is 8. The number of rotatable bonds is 9. The highest BCUT2D eigenvalue weighted by molar-refractivity contribution is 7.92. The van der Waals surface area contributed by atoms with Crippen LogP contribution in [0, 0.1) is 17.3 Å². The molecule has 272 valence electrons. The molecule has 0 saturated carbocycles. The molecule has 1 fully saturated rings. The highest BCUT2D eigenvalue weighted by Gasteiger charge is 2.55. The van der Waals surface area contributed by atoms with Gasteiger partial charge in [-0.3, -0.25) is 9.69 Å². The van der Waals surface area contributed by atoms with Crippen molar-refractivity contribution in [3.63, 3.8) is 0 Å². The topological polar surface area (TPSA) is 156 Å². The fraction of sp³-hybridized carbons (Fsp3) is 0.342. The van der Waals surface area contributed by atoms with Crippen molar-refractivity contribution in [2.24, 2.45) is 10.4 Å². The molecule has 2 heterocycles. The van der Waals surface area contributed by atoms with Crippen LogP contribution in [-0.4, -0.2) is 68.8 Å². The number of aliphatic hydroxyl groups excluding tert-OH is 1. The molecule has 1 saturated heterocycles. The molecule has 0 spiro atoms. The molecule has 0 unspecified atom stereocenters. The number of carbonyl (C=O) groups is 2. The third kappa shape index (κ3) is 8.36. The van der Waals surface area contributed by atoms with E-state index in [1.165, 1.54) is 36.1 Å². The van der Waals surface area contributed by atoms with Gasteiger partial charge in [-0.05, 0) is 66.6 Å². The molecule has 2 N–H and O–H groups in total. The number of ether oxygens (including phenoxy) is 1. The van der Waals surface area contributed by atoms with Crippen molar-refractivity contribution in [3.8, 4) is 17.5 Å². The second-order valence-corrected chi connectivity index (χ2v) is 17.2. The number of guanidine groups is 1. The van der Waals surface area contributed by atoms with Crippen LogP contribution < -0.4 is 5.32 Å². The Kier molecular flexibility index (Phi) is 11.0. The van der Waals surface area contributed by atoms with E-state index in [1.54, 1.807) is 42.5 Å². The van der Waals surface area contributed by atoms with E-state index in [0.717, 1.165) is 11.8 Å². The number of aliphatic hydroxyl groups is 1. The number of sulfone groups is 1. The van der Waals surface area contributed by atoms with Gasteiger partial charge in [0.1, 0.15) is 29.5 Å². The first kappa shape index (κ1) is 38.2. The Labute approximate surface area is 308 Å². The van der Waals surface area contributed by atoms with Crippen LogP contribution in [0.25, 0.3) is 5.69 Å². The van der Waals surface area contributed by atoms with Crippen LogP contribution >= 0.6 is 11.6 Å². The lowest BCUT2D eigenvalue weighted by Crippen LogP contribution is -2.47. The zero-order valence-electron chi connectivity index (χ0n) is 29.8. The molecule has 1 aliphatic heterocycles. The molecule has 52 heavy (non-hydrogen) atoms. The summed E-state index contributed by atoms with van der Waals surface area (Å²) in [4.78, 5) is 37.9. The summed E-state index contributed by atoms with van der Waals surface area (Å²) in [6, 6.07) is 20.0. The predicted octanol–water partition coefficient (Wildman–Crippen LogP) is 5.59. The Morgan fingerprint density at radius 2 is 1.77 bits per heavy atom. The number of amides is 2. The third-order valence-corrected chi connectivity index (χ3v) is 10.9. The van der Waals surface area contributed by atoms with E-state index in [-0.39, 0.29) is 19.0 Å². The maximum Gasteiger partial charge on any atom is 0.437 e. The largest absolute Gasteiger partial charge is 0.443 e. The Morgan fingerprint density at radius 1 is 1.08 bits per heavy atom. The van der Waals surface area contributed by atoms with Crippen molar-refractivity contribution < 1.29 is 27.9 Å². The predicted molar refractivity (Wildman–Crippen MR) is 198 cm³/mol. The monoisotopic (exact) mass is 744 g/mol. The molecule has 3 aromatic carbocycles. The molecule has 1 aliphatic rings. The summed E-state index contributed by atoms with van der Waals surface area (Å²) in [6.45, 7) is 8.44. The molecule has 1 aromatic heterocycles. The van der Waals surface area contributed by atoms with Gasteiger partial charge in [-0.15, -0.1) is 4.99 Å². The Hall–Kier alpha value is -5.03. The Balaban J connectivity index is 1.61. The van der Waals surface area contributed by atoms with Crippen LogP contribution in [0.2, 0.25) is 5.02 Å². The molecule has 0 radical (unpaired) electrons. The third-order valence-electron chi connectivity index (χ3n) is 8.65. The van der Waals surface area contributed by atoms with Crippen molar-refractivity contribution in [1.29, 1.82) is 0 Å². The maximum atomic E-state index is 15.1. The number of nitrogens with zero attached hydrogens (tertiary/aromatic N) is 5. The molecule has 0 aliphatic carbocycles. The summed E-state index contributed by atoms with van der Waals surface area (Å²) in [5.74, 6) is 5.19. The number of benzene rings is 3. The normalized spacial score (nSPS) is 17.7. The van der Waals surface area contributed by atoms with Gasteiger partial charge in [-0.2, -0.15) is 5.10 Å². The average Bonchev–Trinajstić information content (AvgIpc) is 3.71. The number of hydrogen-bond donors (Lipinski definition) is 2. The van der Waals surface area contributed by atoms with Gasteiger partial charge >= 0.3 is 6.09 Å². The molecule has 4 aromatic rings. The van der Waals surface area contributed by atoms with Crippen LogP contribution in [0.15, 0.2) is 90.4 Å². The second kappa shape index (κ2) is 14.9. The quantitative estimate of drug-likeness (QED) is 0.209. The summed E-state index contributed by atoms with van der Waals surface area (Å²) >= 11 is 6.52. The fourth-order valence-electron chi connectivity index (χ4n) is 5.76. The standard InChI is InChI=1S/C38H41ClN6O6S/c1-36(2,3)23-38(29-15-12-26(13-16-29)18-19-37(4,5)52(6,49)50)33(47)45(34(43-38)42-35(48)51-22-27-10-8-7-9-11-27)32(21-46)28-14-17-30(39)31(20-28)44-25-40-24-41-44/h7-17,20,24-25,32,46H,21-23H2,1-6H3,(H,42,43,48)/t32-,38-/m1/s1. The first-order valence-corrected chi connectivity index (χ1v) is 18.7. The number of aliphatic imine (C=N–C) groups is 1. The van der Waals surface area contributed by atoms with E-state index in [2.05, 4.69) is 32.2 Å². The SMILES string of the molecule is CC(C)(C)C[C@]1(c2ccc(C#CC(C)(C)S(C)(=O)=O)cc2)NC(=NC(=O)OCc2ccccc2)N([C@H](CO)c2ccc(Cl)c(-n3cncn3)c2)C1=O. The van der Waals surface area contributed by atoms with E-state index in [0.29, 0.717) is 27.4 Å². The fourth-order valence-corrected chi connectivity index (χ4v) is 6.20. The first-order chi connectivity index (χ1) is 24.4. The smallest absolute Gasteiger partial charge is 0.437 e. The van der Waals surface area contributed by atoms with Gasteiger partial charge in [0.2, 0.25) is 5.96 Å². The minimum absolute atomic E-state index is 0.0436. The number of carbonyl (C=O) groups excluding carboxylic acids is 2. The maximum absolute atomic E-state index is 15.1. The van der Waals surface area contributed by atoms with Gasteiger partial charge in [0.05, 0.1) is 23.4 Å². The molecule has 12 nitrogen and oxygen atoms in total. The van der Waals surface area contributed by atoms with Crippen molar-refractivity contribution >= 4 is 39.4 Å². The zero-order chi connectivity index (χ0) is 37.9. The second-order valence-electron chi connectivity index (χ2n) is 14.3. The minimum atomic E-state index is -3.45. The molecule has 14 heteroatoms. The van der Waals surface area contributed by atoms with E-state index >= 15 is 4.79 Å². The highest BCUT2D eigenvalue weighted by atomic mass is 35.5. The number of halogens is 1. The van der Waals surface area contributed by atoms with Crippen LogP contribution in [0.5, 0.6) is 0 Å². The van der Waals surface area contributed by atoms with Gasteiger partial charge in [-0.1, -0.05) is 92.7 Å². The van der Waals surface area contributed by atoms with Gasteiger partial charge in [0.15, 0.2) is 9.84 Å². The van der Waals surface area contributed by atoms with Crippen LogP contribution in [0.3, 0.4) is 0 Å². The van der Waals surface area contributed by atoms with Crippen LogP contribution in [-0.2, 0) is 31.5 Å².